The van der Waals surface area contributed by atoms with E-state index in [1.165, 1.54) is 0 Å². The number of aliphatic hydroxyl groups is 2. The second-order valence-corrected chi connectivity index (χ2v) is 4.27. The molecule has 0 spiro atoms. The summed E-state index contributed by atoms with van der Waals surface area (Å²) < 4.78 is 19.0. The normalized spacial score (nSPS) is 31.7. The minimum absolute atomic E-state index is 0.129. The van der Waals surface area contributed by atoms with Gasteiger partial charge in [0.15, 0.2) is 6.23 Å². The van der Waals surface area contributed by atoms with E-state index in [1.807, 2.05) is 4.98 Å². The Labute approximate surface area is 100 Å². The van der Waals surface area contributed by atoms with Crippen LogP contribution < -0.4 is 11.2 Å². The Bertz CT molecular complexity index is 536. The van der Waals surface area contributed by atoms with Gasteiger partial charge in [-0.2, -0.15) is 0 Å². The zero-order chi connectivity index (χ0) is 13.3. The van der Waals surface area contributed by atoms with Crippen molar-refractivity contribution in [2.45, 2.75) is 24.4 Å². The van der Waals surface area contributed by atoms with Crippen LogP contribution in [-0.4, -0.2) is 44.8 Å². The first-order valence-electron chi connectivity index (χ1n) is 5.35. The lowest BCUT2D eigenvalue weighted by Gasteiger charge is -2.23. The predicted molar refractivity (Wildman–Crippen MR) is 57.9 cm³/mol. The average Bonchev–Trinajstić information content (AvgIpc) is 2.67. The second kappa shape index (κ2) is 4.63. The molecular formula is C10H13FN2O5. The molecule has 0 amide bonds. The van der Waals surface area contributed by atoms with E-state index in [9.17, 15) is 19.1 Å². The van der Waals surface area contributed by atoms with E-state index in [2.05, 4.69) is 0 Å². The van der Waals surface area contributed by atoms with Crippen LogP contribution in [0.4, 0.5) is 4.39 Å². The third-order valence-corrected chi connectivity index (χ3v) is 2.94. The molecule has 0 radical (unpaired) electrons. The van der Waals surface area contributed by atoms with E-state index < -0.39 is 42.5 Å². The molecule has 100 valence electrons. The smallest absolute Gasteiger partial charge is 0.330 e. The van der Waals surface area contributed by atoms with Crippen molar-refractivity contribution in [3.05, 3.63) is 33.1 Å². The summed E-state index contributed by atoms with van der Waals surface area (Å²) in [5.41, 5.74) is -2.85. The Morgan fingerprint density at radius 3 is 2.83 bits per heavy atom. The minimum Gasteiger partial charge on any atom is -0.393 e. The van der Waals surface area contributed by atoms with Gasteiger partial charge in [0.25, 0.3) is 5.56 Å². The van der Waals surface area contributed by atoms with E-state index >= 15 is 0 Å². The molecule has 1 aliphatic rings. The standard InChI is InChI=1S/C10H13FN2O5/c11-4-10(5-14)3-6(15)8(18-10)13-2-1-7(16)12-9(13)17/h1-2,6,8,14-15H,3-5H2,(H,12,16,17)/t6-,8+,10+/m0/s1. The van der Waals surface area contributed by atoms with Crippen LogP contribution in [0, 0.1) is 0 Å². The first-order chi connectivity index (χ1) is 8.51. The highest BCUT2D eigenvalue weighted by Crippen LogP contribution is 2.36. The molecule has 1 aliphatic heterocycles. The molecule has 0 saturated carbocycles. The van der Waals surface area contributed by atoms with E-state index in [4.69, 9.17) is 9.84 Å². The van der Waals surface area contributed by atoms with E-state index in [0.29, 0.717) is 0 Å². The number of rotatable bonds is 3. The predicted octanol–water partition coefficient (Wildman–Crippen LogP) is -1.48. The molecule has 0 bridgehead atoms. The number of aromatic amines is 1. The number of halogens is 1. The molecule has 7 nitrogen and oxygen atoms in total. The van der Waals surface area contributed by atoms with Gasteiger partial charge in [0, 0.05) is 18.7 Å². The van der Waals surface area contributed by atoms with Gasteiger partial charge in [-0.1, -0.05) is 0 Å². The molecule has 2 rings (SSSR count). The van der Waals surface area contributed by atoms with Gasteiger partial charge < -0.3 is 14.9 Å². The summed E-state index contributed by atoms with van der Waals surface area (Å²) in [4.78, 5) is 24.4. The number of nitrogens with zero attached hydrogens (tertiary/aromatic N) is 1. The van der Waals surface area contributed by atoms with Crippen LogP contribution in [0.25, 0.3) is 0 Å². The van der Waals surface area contributed by atoms with Gasteiger partial charge in [-0.15, -0.1) is 0 Å². The van der Waals surface area contributed by atoms with E-state index in [-0.39, 0.29) is 6.42 Å². The van der Waals surface area contributed by atoms with Crippen molar-refractivity contribution in [2.24, 2.45) is 0 Å². The Hall–Kier alpha value is -1.51. The highest BCUT2D eigenvalue weighted by atomic mass is 19.1. The summed E-state index contributed by atoms with van der Waals surface area (Å²) >= 11 is 0. The molecule has 2 heterocycles. The average molecular weight is 260 g/mol. The van der Waals surface area contributed by atoms with Gasteiger partial charge >= 0.3 is 5.69 Å². The number of aliphatic hydroxyl groups excluding tert-OH is 2. The molecule has 0 aromatic carbocycles. The van der Waals surface area contributed by atoms with Crippen LogP contribution in [-0.2, 0) is 4.74 Å². The Balaban J connectivity index is 2.35. The molecule has 0 unspecified atom stereocenters. The molecule has 1 fully saturated rings. The summed E-state index contributed by atoms with van der Waals surface area (Å²) in [6.07, 6.45) is -1.24. The fraction of sp³-hybridized carbons (Fsp3) is 0.600. The largest absolute Gasteiger partial charge is 0.393 e. The topological polar surface area (TPSA) is 105 Å². The maximum absolute atomic E-state index is 12.8. The molecule has 18 heavy (non-hydrogen) atoms. The zero-order valence-electron chi connectivity index (χ0n) is 9.38. The van der Waals surface area contributed by atoms with Crippen LogP contribution in [0.2, 0.25) is 0 Å². The summed E-state index contributed by atoms with van der Waals surface area (Å²) in [7, 11) is 0. The molecule has 3 N–H and O–H groups in total. The molecule has 1 aromatic heterocycles. The van der Waals surface area contributed by atoms with Crippen molar-refractivity contribution in [1.82, 2.24) is 9.55 Å². The van der Waals surface area contributed by atoms with Crippen LogP contribution in [0.3, 0.4) is 0 Å². The molecule has 1 aromatic rings. The van der Waals surface area contributed by atoms with Gasteiger partial charge in [-0.3, -0.25) is 14.3 Å². The second-order valence-electron chi connectivity index (χ2n) is 4.27. The fourth-order valence-corrected chi connectivity index (χ4v) is 1.96. The quantitative estimate of drug-likeness (QED) is 0.614. The zero-order valence-corrected chi connectivity index (χ0v) is 9.38. The lowest BCUT2D eigenvalue weighted by Crippen LogP contribution is -2.37. The van der Waals surface area contributed by atoms with Crippen molar-refractivity contribution < 1.29 is 19.3 Å². The number of alkyl halides is 1. The maximum Gasteiger partial charge on any atom is 0.330 e. The van der Waals surface area contributed by atoms with Crippen molar-refractivity contribution in [3.8, 4) is 0 Å². The Kier molecular flexibility index (Phi) is 3.33. The van der Waals surface area contributed by atoms with Crippen molar-refractivity contribution in [2.75, 3.05) is 13.3 Å². The Morgan fingerprint density at radius 2 is 2.33 bits per heavy atom. The molecule has 3 atom stereocenters. The van der Waals surface area contributed by atoms with Gasteiger partial charge in [-0.25, -0.2) is 9.18 Å². The van der Waals surface area contributed by atoms with Crippen LogP contribution in [0.1, 0.15) is 12.6 Å². The number of hydrogen-bond acceptors (Lipinski definition) is 5. The number of aromatic nitrogens is 2. The van der Waals surface area contributed by atoms with Crippen molar-refractivity contribution in [3.63, 3.8) is 0 Å². The molecule has 1 saturated heterocycles. The summed E-state index contributed by atoms with van der Waals surface area (Å²) in [5, 5.41) is 18.9. The molecule has 0 aliphatic carbocycles. The third kappa shape index (κ3) is 2.09. The highest BCUT2D eigenvalue weighted by molar-refractivity contribution is 4.95. The SMILES string of the molecule is O=c1ccn([C@@H]2O[C@@](CO)(CF)C[C@@H]2O)c(=O)[nH]1. The molecular weight excluding hydrogens is 247 g/mol. The van der Waals surface area contributed by atoms with Gasteiger partial charge in [0.2, 0.25) is 0 Å². The summed E-state index contributed by atoms with van der Waals surface area (Å²) in [6.45, 7) is -1.58. The first-order valence-corrected chi connectivity index (χ1v) is 5.35. The summed E-state index contributed by atoms with van der Waals surface area (Å²) in [5.74, 6) is 0. The Morgan fingerprint density at radius 1 is 1.61 bits per heavy atom. The maximum atomic E-state index is 12.8. The fourth-order valence-electron chi connectivity index (χ4n) is 1.96. The van der Waals surface area contributed by atoms with Gasteiger partial charge in [-0.05, 0) is 0 Å². The van der Waals surface area contributed by atoms with Crippen LogP contribution >= 0.6 is 0 Å². The van der Waals surface area contributed by atoms with Crippen molar-refractivity contribution in [1.29, 1.82) is 0 Å². The van der Waals surface area contributed by atoms with E-state index in [1.54, 1.807) is 0 Å². The monoisotopic (exact) mass is 260 g/mol. The van der Waals surface area contributed by atoms with Crippen LogP contribution in [0.15, 0.2) is 21.9 Å². The summed E-state index contributed by atoms with van der Waals surface area (Å²) in [6, 6.07) is 1.09. The lowest BCUT2D eigenvalue weighted by atomic mass is 10.0. The van der Waals surface area contributed by atoms with E-state index in [0.717, 1.165) is 16.8 Å². The number of nitrogens with one attached hydrogen (secondary N) is 1. The van der Waals surface area contributed by atoms with Gasteiger partial charge in [0.05, 0.1) is 6.61 Å². The van der Waals surface area contributed by atoms with Crippen LogP contribution in [0.5, 0.6) is 0 Å². The molecule has 8 heteroatoms. The minimum atomic E-state index is -1.50. The number of H-pyrrole nitrogens is 1. The van der Waals surface area contributed by atoms with Crippen molar-refractivity contribution >= 4 is 0 Å². The lowest BCUT2D eigenvalue weighted by molar-refractivity contribution is -0.119. The number of ether oxygens (including phenoxy) is 1. The highest BCUT2D eigenvalue weighted by Gasteiger charge is 2.47. The first kappa shape index (κ1) is 12.9. The third-order valence-electron chi connectivity index (χ3n) is 2.94. The van der Waals surface area contributed by atoms with Gasteiger partial charge in [0.1, 0.15) is 18.4 Å². The number of hydrogen-bond donors (Lipinski definition) is 3.